The third-order valence-electron chi connectivity index (χ3n) is 5.34. The van der Waals surface area contributed by atoms with Crippen molar-refractivity contribution in [2.24, 2.45) is 0 Å². The number of benzene rings is 2. The molecule has 1 saturated heterocycles. The van der Waals surface area contributed by atoms with Crippen LogP contribution in [0.4, 0.5) is 8.78 Å². The van der Waals surface area contributed by atoms with Crippen LogP contribution in [0.5, 0.6) is 5.75 Å². The van der Waals surface area contributed by atoms with Gasteiger partial charge in [-0.3, -0.25) is 0 Å². The topological polar surface area (TPSA) is 18.5 Å². The highest BCUT2D eigenvalue weighted by Crippen LogP contribution is 2.38. The zero-order chi connectivity index (χ0) is 20.6. The lowest BCUT2D eigenvalue weighted by atomic mass is 9.89. The number of aryl methyl sites for hydroxylation is 1. The van der Waals surface area contributed by atoms with Crippen LogP contribution in [0.1, 0.15) is 54.9 Å². The van der Waals surface area contributed by atoms with Crippen molar-refractivity contribution < 1.29 is 18.3 Å². The molecule has 0 saturated carbocycles. The number of rotatable bonds is 8. The first-order valence-electron chi connectivity index (χ1n) is 10.2. The molecule has 29 heavy (non-hydrogen) atoms. The Balaban J connectivity index is 1.60. The van der Waals surface area contributed by atoms with Crippen LogP contribution in [-0.4, -0.2) is 13.2 Å². The average molecular weight is 398 g/mol. The summed E-state index contributed by atoms with van der Waals surface area (Å²) in [7, 11) is 0. The van der Waals surface area contributed by atoms with Crippen LogP contribution < -0.4 is 4.74 Å². The van der Waals surface area contributed by atoms with E-state index in [1.165, 1.54) is 17.7 Å². The Morgan fingerprint density at radius 1 is 1.10 bits per heavy atom. The average Bonchev–Trinajstić information content (AvgIpc) is 2.76. The third kappa shape index (κ3) is 5.33. The standard InChI is InChI=1S/C25H28F2O2/c1-3-5-6-7-18-8-10-19(11-9-18)22-14-12-20(17-29-22)21-13-15-23(28-16-4-2)25(27)24(21)26/h3-5,8-11,13,15,20,22H,2,6-7,12,14,16-17H2,1H3. The van der Waals surface area contributed by atoms with E-state index in [0.29, 0.717) is 12.2 Å². The SMILES string of the molecule is C=CCOc1ccc(C2CCC(c3ccc(CCC=CC)cc3)OC2)c(F)c1F. The van der Waals surface area contributed by atoms with Crippen molar-refractivity contribution in [1.29, 1.82) is 0 Å². The lowest BCUT2D eigenvalue weighted by molar-refractivity contribution is 0.00160. The van der Waals surface area contributed by atoms with Gasteiger partial charge in [-0.1, -0.05) is 55.1 Å². The van der Waals surface area contributed by atoms with Gasteiger partial charge in [-0.2, -0.15) is 4.39 Å². The van der Waals surface area contributed by atoms with Crippen molar-refractivity contribution in [3.63, 3.8) is 0 Å². The molecule has 154 valence electrons. The summed E-state index contributed by atoms with van der Waals surface area (Å²) in [5.41, 5.74) is 2.79. The van der Waals surface area contributed by atoms with Gasteiger partial charge in [-0.15, -0.1) is 0 Å². The maximum atomic E-state index is 14.5. The Labute approximate surface area is 171 Å². The fourth-order valence-corrected chi connectivity index (χ4v) is 3.70. The molecule has 2 aromatic rings. The van der Waals surface area contributed by atoms with Crippen LogP contribution >= 0.6 is 0 Å². The molecule has 0 aliphatic carbocycles. The van der Waals surface area contributed by atoms with Crippen LogP contribution in [0.25, 0.3) is 0 Å². The second kappa shape index (κ2) is 10.4. The van der Waals surface area contributed by atoms with Crippen LogP contribution in [0.2, 0.25) is 0 Å². The maximum absolute atomic E-state index is 14.5. The lowest BCUT2D eigenvalue weighted by Gasteiger charge is -2.30. The molecule has 0 amide bonds. The summed E-state index contributed by atoms with van der Waals surface area (Å²) in [5, 5.41) is 0. The zero-order valence-corrected chi connectivity index (χ0v) is 16.9. The smallest absolute Gasteiger partial charge is 0.200 e. The Morgan fingerprint density at radius 2 is 1.90 bits per heavy atom. The predicted octanol–water partition coefficient (Wildman–Crippen LogP) is 6.67. The van der Waals surface area contributed by atoms with E-state index in [-0.39, 0.29) is 24.4 Å². The van der Waals surface area contributed by atoms with Crippen LogP contribution in [0.15, 0.2) is 61.2 Å². The van der Waals surface area contributed by atoms with Crippen molar-refractivity contribution in [3.8, 4) is 5.75 Å². The molecule has 0 N–H and O–H groups in total. The van der Waals surface area contributed by atoms with Gasteiger partial charge in [0.15, 0.2) is 11.6 Å². The minimum Gasteiger partial charge on any atom is -0.486 e. The molecule has 0 bridgehead atoms. The highest BCUT2D eigenvalue weighted by Gasteiger charge is 2.28. The first-order chi connectivity index (χ1) is 14.1. The predicted molar refractivity (Wildman–Crippen MR) is 112 cm³/mol. The molecule has 1 aliphatic heterocycles. The minimum absolute atomic E-state index is 0.000978. The Bertz CT molecular complexity index is 835. The Morgan fingerprint density at radius 3 is 2.55 bits per heavy atom. The second-order valence-electron chi connectivity index (χ2n) is 7.33. The normalized spacial score (nSPS) is 19.4. The summed E-state index contributed by atoms with van der Waals surface area (Å²) in [4.78, 5) is 0. The Kier molecular flexibility index (Phi) is 7.59. The molecule has 1 fully saturated rings. The molecule has 1 aliphatic rings. The summed E-state index contributed by atoms with van der Waals surface area (Å²) >= 11 is 0. The summed E-state index contributed by atoms with van der Waals surface area (Å²) < 4.78 is 39.9. The van der Waals surface area contributed by atoms with Gasteiger partial charge in [0.25, 0.3) is 0 Å². The van der Waals surface area contributed by atoms with Crippen molar-refractivity contribution in [1.82, 2.24) is 0 Å². The number of ether oxygens (including phenoxy) is 2. The molecular formula is C25H28F2O2. The molecule has 0 aromatic heterocycles. The van der Waals surface area contributed by atoms with Crippen LogP contribution in [-0.2, 0) is 11.2 Å². The first-order valence-corrected chi connectivity index (χ1v) is 10.2. The molecule has 2 nitrogen and oxygen atoms in total. The summed E-state index contributed by atoms with van der Waals surface area (Å²) in [5.74, 6) is -2.03. The van der Waals surface area contributed by atoms with Gasteiger partial charge < -0.3 is 9.47 Å². The van der Waals surface area contributed by atoms with Gasteiger partial charge in [0.2, 0.25) is 5.82 Å². The molecule has 2 unspecified atom stereocenters. The first kappa shape index (κ1) is 21.3. The molecule has 2 aromatic carbocycles. The van der Waals surface area contributed by atoms with Gasteiger partial charge in [0.05, 0.1) is 12.7 Å². The Hall–Kier alpha value is -2.46. The monoisotopic (exact) mass is 398 g/mol. The van der Waals surface area contributed by atoms with E-state index in [4.69, 9.17) is 9.47 Å². The minimum atomic E-state index is -0.944. The lowest BCUT2D eigenvalue weighted by Crippen LogP contribution is -2.20. The molecule has 2 atom stereocenters. The van der Waals surface area contributed by atoms with E-state index in [1.54, 1.807) is 6.07 Å². The molecule has 1 heterocycles. The number of hydrogen-bond donors (Lipinski definition) is 0. The molecule has 4 heteroatoms. The molecule has 0 spiro atoms. The van der Waals surface area contributed by atoms with Gasteiger partial charge in [0.1, 0.15) is 6.61 Å². The highest BCUT2D eigenvalue weighted by molar-refractivity contribution is 5.34. The van der Waals surface area contributed by atoms with Gasteiger partial charge in [0, 0.05) is 5.92 Å². The quantitative estimate of drug-likeness (QED) is 0.462. The fraction of sp³-hybridized carbons (Fsp3) is 0.360. The summed E-state index contributed by atoms with van der Waals surface area (Å²) in [6.45, 7) is 6.05. The van der Waals surface area contributed by atoms with E-state index in [1.807, 2.05) is 6.92 Å². The van der Waals surface area contributed by atoms with E-state index in [2.05, 4.69) is 43.0 Å². The summed E-state index contributed by atoms with van der Waals surface area (Å²) in [6, 6.07) is 11.6. The van der Waals surface area contributed by atoms with Crippen molar-refractivity contribution in [2.75, 3.05) is 13.2 Å². The van der Waals surface area contributed by atoms with Crippen molar-refractivity contribution in [3.05, 3.63) is 89.5 Å². The number of allylic oxidation sites excluding steroid dienone is 2. The summed E-state index contributed by atoms with van der Waals surface area (Å²) in [6.07, 6.45) is 9.31. The third-order valence-corrected chi connectivity index (χ3v) is 5.34. The van der Waals surface area contributed by atoms with Crippen LogP contribution in [0.3, 0.4) is 0 Å². The van der Waals surface area contributed by atoms with E-state index in [0.717, 1.165) is 31.2 Å². The fourth-order valence-electron chi connectivity index (χ4n) is 3.70. The van der Waals surface area contributed by atoms with E-state index in [9.17, 15) is 8.78 Å². The second-order valence-corrected chi connectivity index (χ2v) is 7.33. The largest absolute Gasteiger partial charge is 0.486 e. The van der Waals surface area contributed by atoms with Gasteiger partial charge in [-0.25, -0.2) is 4.39 Å². The molecule has 3 rings (SSSR count). The number of hydrogen-bond acceptors (Lipinski definition) is 2. The molecule has 0 radical (unpaired) electrons. The highest BCUT2D eigenvalue weighted by atomic mass is 19.2. The number of halogens is 2. The maximum Gasteiger partial charge on any atom is 0.200 e. The van der Waals surface area contributed by atoms with E-state index >= 15 is 0 Å². The van der Waals surface area contributed by atoms with Crippen molar-refractivity contribution >= 4 is 0 Å². The van der Waals surface area contributed by atoms with Crippen molar-refractivity contribution in [2.45, 2.75) is 44.6 Å². The van der Waals surface area contributed by atoms with Crippen LogP contribution in [0, 0.1) is 11.6 Å². The van der Waals surface area contributed by atoms with Gasteiger partial charge in [-0.05, 0) is 55.4 Å². The van der Waals surface area contributed by atoms with E-state index < -0.39 is 11.6 Å². The zero-order valence-electron chi connectivity index (χ0n) is 16.9. The van der Waals surface area contributed by atoms with Gasteiger partial charge >= 0.3 is 0 Å². The molecular weight excluding hydrogens is 370 g/mol.